The van der Waals surface area contributed by atoms with Crippen molar-refractivity contribution in [3.8, 4) is 5.75 Å². The van der Waals surface area contributed by atoms with Crippen molar-refractivity contribution in [2.24, 2.45) is 0 Å². The van der Waals surface area contributed by atoms with Crippen LogP contribution < -0.4 is 15.6 Å². The molecule has 0 radical (unpaired) electrons. The third kappa shape index (κ3) is 6.18. The van der Waals surface area contributed by atoms with Crippen LogP contribution in [0.15, 0.2) is 78.0 Å². The third-order valence-electron chi connectivity index (χ3n) is 4.97. The van der Waals surface area contributed by atoms with E-state index in [1.165, 1.54) is 28.6 Å². The van der Waals surface area contributed by atoms with E-state index in [0.29, 0.717) is 31.0 Å². The molecule has 0 saturated carbocycles. The average molecular weight is 483 g/mol. The zero-order valence-electron chi connectivity index (χ0n) is 18.9. The first-order chi connectivity index (χ1) is 16.3. The lowest BCUT2D eigenvalue weighted by molar-refractivity contribution is 0.0846. The van der Waals surface area contributed by atoms with Crippen molar-refractivity contribution < 1.29 is 22.7 Å². The van der Waals surface area contributed by atoms with Gasteiger partial charge in [0.15, 0.2) is 0 Å². The first-order valence-electron chi connectivity index (χ1n) is 10.7. The Bertz CT molecular complexity index is 1230. The van der Waals surface area contributed by atoms with E-state index in [0.717, 1.165) is 5.56 Å². The number of amides is 2. The van der Waals surface area contributed by atoms with Gasteiger partial charge in [-0.3, -0.25) is 25.4 Å². The fraction of sp³-hybridized carbons (Fsp3) is 0.208. The van der Waals surface area contributed by atoms with Crippen molar-refractivity contribution >= 4 is 21.8 Å². The van der Waals surface area contributed by atoms with Gasteiger partial charge in [-0.15, -0.1) is 0 Å². The van der Waals surface area contributed by atoms with Gasteiger partial charge in [0.05, 0.1) is 4.90 Å². The van der Waals surface area contributed by atoms with E-state index in [1.807, 2.05) is 12.1 Å². The number of hydrogen-bond acceptors (Lipinski definition) is 6. The van der Waals surface area contributed by atoms with Crippen LogP contribution in [0.5, 0.6) is 5.75 Å². The number of carbonyl (C=O) groups is 2. The highest BCUT2D eigenvalue weighted by atomic mass is 32.2. The predicted molar refractivity (Wildman–Crippen MR) is 126 cm³/mol. The first kappa shape index (κ1) is 24.9. The molecule has 0 fully saturated rings. The number of pyridine rings is 1. The summed E-state index contributed by atoms with van der Waals surface area (Å²) >= 11 is 0. The average Bonchev–Trinajstić information content (AvgIpc) is 2.87. The normalized spacial score (nSPS) is 11.1. The highest BCUT2D eigenvalue weighted by Crippen LogP contribution is 2.17. The van der Waals surface area contributed by atoms with Crippen LogP contribution in [0.1, 0.15) is 40.1 Å². The summed E-state index contributed by atoms with van der Waals surface area (Å²) in [6.07, 6.45) is 3.39. The number of aromatic nitrogens is 1. The molecule has 10 heteroatoms. The first-order valence-corrected chi connectivity index (χ1v) is 12.1. The lowest BCUT2D eigenvalue weighted by Gasteiger charge is -2.18. The molecule has 2 N–H and O–H groups in total. The molecule has 0 aliphatic carbocycles. The number of nitrogens with one attached hydrogen (secondary N) is 2. The number of nitrogens with zero attached hydrogens (tertiary/aromatic N) is 2. The van der Waals surface area contributed by atoms with Crippen LogP contribution in [-0.4, -0.2) is 42.6 Å². The molecule has 9 nitrogen and oxygen atoms in total. The maximum Gasteiger partial charge on any atom is 0.269 e. The summed E-state index contributed by atoms with van der Waals surface area (Å²) in [6.45, 7) is 4.47. The van der Waals surface area contributed by atoms with Gasteiger partial charge in [-0.2, -0.15) is 4.31 Å². The Hall–Kier alpha value is -3.76. The molecule has 0 bridgehead atoms. The minimum Gasteiger partial charge on any atom is -0.489 e. The molecule has 0 aliphatic heterocycles. The number of ether oxygens (including phenoxy) is 1. The summed E-state index contributed by atoms with van der Waals surface area (Å²) in [5, 5.41) is 0. The van der Waals surface area contributed by atoms with E-state index in [-0.39, 0.29) is 10.5 Å². The van der Waals surface area contributed by atoms with E-state index in [9.17, 15) is 18.0 Å². The van der Waals surface area contributed by atoms with Crippen molar-refractivity contribution in [3.05, 3.63) is 89.7 Å². The lowest BCUT2D eigenvalue weighted by atomic mass is 10.2. The van der Waals surface area contributed by atoms with Crippen molar-refractivity contribution in [3.63, 3.8) is 0 Å². The molecule has 3 rings (SSSR count). The Kier molecular flexibility index (Phi) is 8.34. The highest BCUT2D eigenvalue weighted by molar-refractivity contribution is 7.89. The minimum absolute atomic E-state index is 0.0112. The largest absolute Gasteiger partial charge is 0.489 e. The Balaban J connectivity index is 1.58. The minimum atomic E-state index is -3.71. The van der Waals surface area contributed by atoms with E-state index in [4.69, 9.17) is 4.74 Å². The number of hydrazine groups is 1. The van der Waals surface area contributed by atoms with E-state index >= 15 is 0 Å². The van der Waals surface area contributed by atoms with Gasteiger partial charge < -0.3 is 4.74 Å². The fourth-order valence-corrected chi connectivity index (χ4v) is 4.63. The Morgan fingerprint density at radius 3 is 2.21 bits per heavy atom. The van der Waals surface area contributed by atoms with Gasteiger partial charge in [0.1, 0.15) is 12.4 Å². The second-order valence-corrected chi connectivity index (χ2v) is 9.14. The highest BCUT2D eigenvalue weighted by Gasteiger charge is 2.22. The van der Waals surface area contributed by atoms with Crippen LogP contribution >= 0.6 is 0 Å². The maximum atomic E-state index is 12.7. The van der Waals surface area contributed by atoms with Crippen LogP contribution in [0.2, 0.25) is 0 Å². The molecule has 2 amide bonds. The molecule has 178 valence electrons. The van der Waals surface area contributed by atoms with Gasteiger partial charge >= 0.3 is 0 Å². The van der Waals surface area contributed by atoms with E-state index in [1.54, 1.807) is 50.5 Å². The van der Waals surface area contributed by atoms with E-state index < -0.39 is 21.8 Å². The maximum absolute atomic E-state index is 12.7. The second kappa shape index (κ2) is 11.4. The molecule has 1 heterocycles. The predicted octanol–water partition coefficient (Wildman–Crippen LogP) is 2.77. The molecule has 0 atom stereocenters. The number of benzene rings is 2. The molecule has 2 aromatic carbocycles. The van der Waals surface area contributed by atoms with Crippen LogP contribution in [0, 0.1) is 0 Å². The van der Waals surface area contributed by atoms with Gasteiger partial charge in [-0.1, -0.05) is 26.0 Å². The molecule has 0 spiro atoms. The zero-order chi connectivity index (χ0) is 24.6. The van der Waals surface area contributed by atoms with Crippen molar-refractivity contribution in [2.75, 3.05) is 13.1 Å². The van der Waals surface area contributed by atoms with Crippen LogP contribution in [0.4, 0.5) is 0 Å². The van der Waals surface area contributed by atoms with Gasteiger partial charge in [0.2, 0.25) is 10.0 Å². The summed E-state index contributed by atoms with van der Waals surface area (Å²) in [4.78, 5) is 28.9. The summed E-state index contributed by atoms with van der Waals surface area (Å²) in [5.41, 5.74) is 5.97. The summed E-state index contributed by atoms with van der Waals surface area (Å²) in [7, 11) is -3.71. The number of rotatable bonds is 9. The van der Waals surface area contributed by atoms with E-state index in [2.05, 4.69) is 15.8 Å². The molecular formula is C24H26N4O5S. The lowest BCUT2D eigenvalue weighted by Crippen LogP contribution is -2.41. The van der Waals surface area contributed by atoms with Crippen molar-refractivity contribution in [2.45, 2.75) is 25.3 Å². The molecular weight excluding hydrogens is 456 g/mol. The SMILES string of the molecule is CCN(CC)S(=O)(=O)c1cccc(C(=O)NNC(=O)c2ccc(OCc3cccnc3)cc2)c1. The van der Waals surface area contributed by atoms with Crippen LogP contribution in [0.25, 0.3) is 0 Å². The summed E-state index contributed by atoms with van der Waals surface area (Å²) in [5.74, 6) is -0.587. The number of sulfonamides is 1. The summed E-state index contributed by atoms with van der Waals surface area (Å²) in [6, 6.07) is 15.8. The van der Waals surface area contributed by atoms with Crippen LogP contribution in [0.3, 0.4) is 0 Å². The van der Waals surface area contributed by atoms with Gasteiger partial charge in [-0.05, 0) is 48.5 Å². The molecule has 1 aromatic heterocycles. The molecule has 3 aromatic rings. The fourth-order valence-electron chi connectivity index (χ4n) is 3.12. The monoisotopic (exact) mass is 482 g/mol. The number of carbonyl (C=O) groups excluding carboxylic acids is 2. The Labute approximate surface area is 198 Å². The van der Waals surface area contributed by atoms with Gasteiger partial charge in [-0.25, -0.2) is 8.42 Å². The van der Waals surface area contributed by atoms with Crippen molar-refractivity contribution in [1.29, 1.82) is 0 Å². The van der Waals surface area contributed by atoms with Crippen LogP contribution in [-0.2, 0) is 16.6 Å². The second-order valence-electron chi connectivity index (χ2n) is 7.20. The molecule has 34 heavy (non-hydrogen) atoms. The quantitative estimate of drug-likeness (QED) is 0.453. The van der Waals surface area contributed by atoms with Gasteiger partial charge in [0.25, 0.3) is 11.8 Å². The zero-order valence-corrected chi connectivity index (χ0v) is 19.7. The molecule has 0 unspecified atom stereocenters. The van der Waals surface area contributed by atoms with Gasteiger partial charge in [0, 0.05) is 42.2 Å². The summed E-state index contributed by atoms with van der Waals surface area (Å²) < 4.78 is 32.3. The Morgan fingerprint density at radius 2 is 1.59 bits per heavy atom. The smallest absolute Gasteiger partial charge is 0.269 e. The Morgan fingerprint density at radius 1 is 0.912 bits per heavy atom. The standard InChI is InChI=1S/C24H26N4O5S/c1-3-28(4-2)34(31,32)22-9-5-8-20(15-22)24(30)27-26-23(29)19-10-12-21(13-11-19)33-17-18-7-6-14-25-16-18/h5-16H,3-4,17H2,1-2H3,(H,26,29)(H,27,30). The topological polar surface area (TPSA) is 118 Å². The molecule has 0 saturated heterocycles. The number of hydrogen-bond donors (Lipinski definition) is 2. The van der Waals surface area contributed by atoms with Crippen molar-refractivity contribution in [1.82, 2.24) is 20.1 Å². The third-order valence-corrected chi connectivity index (χ3v) is 7.02. The molecule has 0 aliphatic rings.